The minimum atomic E-state index is -1.27. The Bertz CT molecular complexity index is 414. The van der Waals surface area contributed by atoms with Gasteiger partial charge in [0, 0.05) is 12.4 Å². The van der Waals surface area contributed by atoms with Crippen LogP contribution in [0.4, 0.5) is 5.82 Å². The van der Waals surface area contributed by atoms with Gasteiger partial charge >= 0.3 is 11.9 Å². The molecule has 0 aromatic carbocycles. The fourth-order valence-electron chi connectivity index (χ4n) is 0.961. The summed E-state index contributed by atoms with van der Waals surface area (Å²) >= 11 is 0. The van der Waals surface area contributed by atoms with E-state index in [1.165, 1.54) is 6.20 Å². The number of nitrogens with zero attached hydrogens (tertiary/aromatic N) is 1. The molecular weight excluding hydrogens is 212 g/mol. The van der Waals surface area contributed by atoms with E-state index in [9.17, 15) is 9.59 Å². The van der Waals surface area contributed by atoms with Gasteiger partial charge in [0.25, 0.3) is 0 Å². The van der Waals surface area contributed by atoms with Gasteiger partial charge in [-0.25, -0.2) is 9.78 Å². The Kier molecular flexibility index (Phi) is 4.02. The van der Waals surface area contributed by atoms with Crippen LogP contribution in [0, 0.1) is 0 Å². The van der Waals surface area contributed by atoms with Crippen LogP contribution in [0.1, 0.15) is 6.42 Å². The molecule has 0 aliphatic heterocycles. The Labute approximate surface area is 91.2 Å². The summed E-state index contributed by atoms with van der Waals surface area (Å²) < 4.78 is 0. The summed E-state index contributed by atoms with van der Waals surface area (Å²) in [6.07, 6.45) is 2.11. The number of carboxylic acid groups (broad SMARTS) is 2. The van der Waals surface area contributed by atoms with E-state index < -0.39 is 18.4 Å². The third-order valence-electron chi connectivity index (χ3n) is 1.68. The average molecular weight is 222 g/mol. The average Bonchev–Trinajstić information content (AvgIpc) is 2.25. The van der Waals surface area contributed by atoms with Crippen molar-refractivity contribution >= 4 is 17.8 Å². The molecule has 1 rings (SSSR count). The SMILES string of the molecule is O=C(O)C/C(=C/Nc1ccccn1)C(=O)O. The van der Waals surface area contributed by atoms with E-state index in [0.717, 1.165) is 6.20 Å². The summed E-state index contributed by atoms with van der Waals surface area (Å²) in [5.74, 6) is -2.02. The second kappa shape index (κ2) is 5.50. The second-order valence-corrected chi connectivity index (χ2v) is 2.90. The minimum Gasteiger partial charge on any atom is -0.481 e. The number of hydrogen-bond donors (Lipinski definition) is 3. The van der Waals surface area contributed by atoms with E-state index in [-0.39, 0.29) is 5.57 Å². The zero-order chi connectivity index (χ0) is 12.0. The molecule has 0 spiro atoms. The zero-order valence-corrected chi connectivity index (χ0v) is 8.25. The lowest BCUT2D eigenvalue weighted by Crippen LogP contribution is -2.08. The lowest BCUT2D eigenvalue weighted by molar-refractivity contribution is -0.139. The monoisotopic (exact) mass is 222 g/mol. The summed E-state index contributed by atoms with van der Waals surface area (Å²) in [7, 11) is 0. The highest BCUT2D eigenvalue weighted by Gasteiger charge is 2.11. The zero-order valence-electron chi connectivity index (χ0n) is 8.25. The van der Waals surface area contributed by atoms with E-state index in [1.807, 2.05) is 0 Å². The molecule has 3 N–H and O–H groups in total. The standard InChI is InChI=1S/C10H10N2O4/c13-9(14)5-7(10(15)16)6-12-8-3-1-2-4-11-8/h1-4,6H,5H2,(H,11,12)(H,13,14)(H,15,16)/b7-6-. The molecule has 0 saturated heterocycles. The van der Waals surface area contributed by atoms with Crippen LogP contribution < -0.4 is 5.32 Å². The molecule has 0 atom stereocenters. The number of hydrogen-bond acceptors (Lipinski definition) is 4. The van der Waals surface area contributed by atoms with Gasteiger partial charge in [-0.1, -0.05) is 6.07 Å². The highest BCUT2D eigenvalue weighted by molar-refractivity contribution is 5.92. The predicted octanol–water partition coefficient (Wildman–Crippen LogP) is 0.937. The molecule has 0 unspecified atom stereocenters. The molecule has 6 heteroatoms. The summed E-state index contributed by atoms with van der Waals surface area (Å²) in [6.45, 7) is 0. The van der Waals surface area contributed by atoms with Crippen LogP contribution in [0.25, 0.3) is 0 Å². The van der Waals surface area contributed by atoms with Crippen LogP contribution in [0.15, 0.2) is 36.2 Å². The van der Waals surface area contributed by atoms with Crippen molar-refractivity contribution in [2.75, 3.05) is 5.32 Å². The molecule has 6 nitrogen and oxygen atoms in total. The van der Waals surface area contributed by atoms with E-state index >= 15 is 0 Å². The fraction of sp³-hybridized carbons (Fsp3) is 0.100. The number of carboxylic acids is 2. The Morgan fingerprint density at radius 2 is 2.12 bits per heavy atom. The van der Waals surface area contributed by atoms with Gasteiger partial charge in [-0.3, -0.25) is 4.79 Å². The Balaban J connectivity index is 2.72. The van der Waals surface area contributed by atoms with Gasteiger partial charge < -0.3 is 15.5 Å². The smallest absolute Gasteiger partial charge is 0.333 e. The molecular formula is C10H10N2O4. The summed E-state index contributed by atoms with van der Waals surface area (Å²) in [5, 5.41) is 19.8. The van der Waals surface area contributed by atoms with E-state index in [2.05, 4.69) is 10.3 Å². The van der Waals surface area contributed by atoms with Gasteiger partial charge in [-0.05, 0) is 12.1 Å². The maximum absolute atomic E-state index is 10.7. The normalized spacial score (nSPS) is 10.9. The summed E-state index contributed by atoms with van der Waals surface area (Å²) in [5.41, 5.74) is -0.238. The molecule has 1 aromatic rings. The first-order valence-corrected chi connectivity index (χ1v) is 4.41. The van der Waals surface area contributed by atoms with Crippen molar-refractivity contribution in [2.24, 2.45) is 0 Å². The van der Waals surface area contributed by atoms with E-state index in [0.29, 0.717) is 5.82 Å². The second-order valence-electron chi connectivity index (χ2n) is 2.90. The van der Waals surface area contributed by atoms with E-state index in [1.54, 1.807) is 18.2 Å². The van der Waals surface area contributed by atoms with Crippen LogP contribution in [-0.4, -0.2) is 27.1 Å². The number of carbonyl (C=O) groups is 2. The van der Waals surface area contributed by atoms with Gasteiger partial charge in [0.2, 0.25) is 0 Å². The van der Waals surface area contributed by atoms with Crippen molar-refractivity contribution in [1.82, 2.24) is 4.98 Å². The first-order chi connectivity index (χ1) is 7.59. The molecule has 0 radical (unpaired) electrons. The molecule has 84 valence electrons. The number of anilines is 1. The number of nitrogens with one attached hydrogen (secondary N) is 1. The van der Waals surface area contributed by atoms with Crippen molar-refractivity contribution in [3.63, 3.8) is 0 Å². The van der Waals surface area contributed by atoms with Crippen LogP contribution in [0.3, 0.4) is 0 Å². The quantitative estimate of drug-likeness (QED) is 0.641. The summed E-state index contributed by atoms with van der Waals surface area (Å²) in [4.78, 5) is 24.9. The van der Waals surface area contributed by atoms with Crippen LogP contribution in [-0.2, 0) is 9.59 Å². The first-order valence-electron chi connectivity index (χ1n) is 4.41. The Morgan fingerprint density at radius 1 is 1.38 bits per heavy atom. The van der Waals surface area contributed by atoms with Crippen LogP contribution in [0.2, 0.25) is 0 Å². The van der Waals surface area contributed by atoms with Gasteiger partial charge in [0.1, 0.15) is 5.82 Å². The topological polar surface area (TPSA) is 99.5 Å². The maximum atomic E-state index is 10.7. The van der Waals surface area contributed by atoms with Crippen molar-refractivity contribution in [3.05, 3.63) is 36.2 Å². The lowest BCUT2D eigenvalue weighted by atomic mass is 10.2. The lowest BCUT2D eigenvalue weighted by Gasteiger charge is -2.01. The largest absolute Gasteiger partial charge is 0.481 e. The molecule has 0 fully saturated rings. The van der Waals surface area contributed by atoms with E-state index in [4.69, 9.17) is 10.2 Å². The third kappa shape index (κ3) is 3.79. The molecule has 0 aliphatic rings. The molecule has 0 amide bonds. The number of aromatic nitrogens is 1. The number of rotatable bonds is 5. The molecule has 16 heavy (non-hydrogen) atoms. The van der Waals surface area contributed by atoms with Crippen LogP contribution >= 0.6 is 0 Å². The predicted molar refractivity (Wildman–Crippen MR) is 55.8 cm³/mol. The van der Waals surface area contributed by atoms with Crippen molar-refractivity contribution in [1.29, 1.82) is 0 Å². The van der Waals surface area contributed by atoms with Crippen molar-refractivity contribution < 1.29 is 19.8 Å². The van der Waals surface area contributed by atoms with Gasteiger partial charge in [-0.15, -0.1) is 0 Å². The number of aliphatic carboxylic acids is 2. The molecule has 0 bridgehead atoms. The Morgan fingerprint density at radius 3 is 2.62 bits per heavy atom. The minimum absolute atomic E-state index is 0.238. The third-order valence-corrected chi connectivity index (χ3v) is 1.68. The fourth-order valence-corrected chi connectivity index (χ4v) is 0.961. The maximum Gasteiger partial charge on any atom is 0.333 e. The molecule has 0 saturated carbocycles. The highest BCUT2D eigenvalue weighted by atomic mass is 16.4. The summed E-state index contributed by atoms with van der Waals surface area (Å²) in [6, 6.07) is 5.07. The molecule has 1 heterocycles. The van der Waals surface area contributed by atoms with Crippen molar-refractivity contribution in [2.45, 2.75) is 6.42 Å². The molecule has 1 aromatic heterocycles. The Hall–Kier alpha value is -2.37. The highest BCUT2D eigenvalue weighted by Crippen LogP contribution is 2.05. The van der Waals surface area contributed by atoms with Gasteiger partial charge in [0.15, 0.2) is 0 Å². The number of pyridine rings is 1. The molecule has 0 aliphatic carbocycles. The van der Waals surface area contributed by atoms with Gasteiger partial charge in [0.05, 0.1) is 12.0 Å². The first kappa shape index (κ1) is 11.7. The van der Waals surface area contributed by atoms with Crippen LogP contribution in [0.5, 0.6) is 0 Å². The van der Waals surface area contributed by atoms with Crippen molar-refractivity contribution in [3.8, 4) is 0 Å². The van der Waals surface area contributed by atoms with Gasteiger partial charge in [-0.2, -0.15) is 0 Å².